The Bertz CT molecular complexity index is 1680. The van der Waals surface area contributed by atoms with Gasteiger partial charge in [0.25, 0.3) is 5.91 Å². The number of halogens is 4. The van der Waals surface area contributed by atoms with Gasteiger partial charge in [-0.1, -0.05) is 18.2 Å². The van der Waals surface area contributed by atoms with E-state index in [9.17, 15) is 26.4 Å². The van der Waals surface area contributed by atoms with Gasteiger partial charge >= 0.3 is 6.18 Å². The molecule has 0 radical (unpaired) electrons. The summed E-state index contributed by atoms with van der Waals surface area (Å²) in [5.41, 5.74) is -0.982. The van der Waals surface area contributed by atoms with Crippen LogP contribution in [-0.2, 0) is 22.6 Å². The first-order valence-electron chi connectivity index (χ1n) is 11.7. The number of rotatable bonds is 8. The number of aromatic nitrogens is 2. The highest BCUT2D eigenvalue weighted by atomic mass is 32.2. The monoisotopic (exact) mass is 576 g/mol. The first kappa shape index (κ1) is 28.8. The van der Waals surface area contributed by atoms with Gasteiger partial charge in [0.15, 0.2) is 15.5 Å². The maximum Gasteiger partial charge on any atom is 0.435 e. The normalized spacial score (nSPS) is 11.9. The van der Waals surface area contributed by atoms with E-state index >= 15 is 4.39 Å². The lowest BCUT2D eigenvalue weighted by molar-refractivity contribution is -0.141. The summed E-state index contributed by atoms with van der Waals surface area (Å²) in [6, 6.07) is 14.6. The Morgan fingerprint density at radius 1 is 1.02 bits per heavy atom. The van der Waals surface area contributed by atoms with Crippen molar-refractivity contribution in [1.82, 2.24) is 15.1 Å². The minimum atomic E-state index is -4.84. The van der Waals surface area contributed by atoms with Crippen LogP contribution < -0.4 is 15.4 Å². The molecule has 13 heteroatoms. The van der Waals surface area contributed by atoms with Crippen molar-refractivity contribution in [3.8, 4) is 22.6 Å². The topological polar surface area (TPSA) is 102 Å². The van der Waals surface area contributed by atoms with E-state index in [1.165, 1.54) is 49.6 Å². The molecule has 3 aromatic carbocycles. The standard InChI is InChI=1S/C27H24F4N4O4S/c1-32-15-16-12-18(39-2)9-11-22(16)35-23(14-25(34-35)27(29,30)31)26(36)33-17-8-10-19(21(28)13-17)20-6-4-5-7-24(20)40(3,37)38/h4-14,32H,15H2,1-3H3,(H,33,36). The van der Waals surface area contributed by atoms with Gasteiger partial charge < -0.3 is 15.4 Å². The lowest BCUT2D eigenvalue weighted by Crippen LogP contribution is -2.19. The fourth-order valence-corrected chi connectivity index (χ4v) is 5.01. The molecule has 0 aliphatic carbocycles. The Balaban J connectivity index is 1.74. The van der Waals surface area contributed by atoms with E-state index in [0.29, 0.717) is 17.4 Å². The zero-order valence-corrected chi connectivity index (χ0v) is 22.3. The average Bonchev–Trinajstić information content (AvgIpc) is 3.35. The van der Waals surface area contributed by atoms with E-state index in [4.69, 9.17) is 4.74 Å². The van der Waals surface area contributed by atoms with E-state index in [1.807, 2.05) is 0 Å². The highest BCUT2D eigenvalue weighted by molar-refractivity contribution is 7.90. The maximum atomic E-state index is 15.1. The molecule has 40 heavy (non-hydrogen) atoms. The summed E-state index contributed by atoms with van der Waals surface area (Å²) in [5, 5.41) is 8.96. The fraction of sp³-hybridized carbons (Fsp3) is 0.185. The molecular formula is C27H24F4N4O4S. The first-order valence-corrected chi connectivity index (χ1v) is 13.6. The molecule has 0 bridgehead atoms. The number of carbonyl (C=O) groups excluding carboxylic acids is 1. The van der Waals surface area contributed by atoms with Crippen molar-refractivity contribution < 1.29 is 35.5 Å². The number of sulfone groups is 1. The molecule has 4 rings (SSSR count). The summed E-state index contributed by atoms with van der Waals surface area (Å²) in [6.07, 6.45) is -3.84. The van der Waals surface area contributed by atoms with Gasteiger partial charge in [-0.2, -0.15) is 18.3 Å². The third kappa shape index (κ3) is 6.00. The number of amides is 1. The molecule has 1 amide bonds. The van der Waals surface area contributed by atoms with Crippen LogP contribution in [0, 0.1) is 5.82 Å². The molecule has 0 unspecified atom stereocenters. The number of alkyl halides is 3. The summed E-state index contributed by atoms with van der Waals surface area (Å²) in [5.74, 6) is -1.36. The van der Waals surface area contributed by atoms with Gasteiger partial charge in [-0.05, 0) is 55.1 Å². The Hall–Kier alpha value is -4.23. The number of hydrogen-bond donors (Lipinski definition) is 2. The van der Waals surface area contributed by atoms with Gasteiger partial charge in [-0.15, -0.1) is 0 Å². The number of nitrogens with one attached hydrogen (secondary N) is 2. The Labute approximate surface area is 227 Å². The second-order valence-electron chi connectivity index (χ2n) is 8.77. The molecule has 1 aromatic heterocycles. The first-order chi connectivity index (χ1) is 18.8. The van der Waals surface area contributed by atoms with Crippen LogP contribution in [0.25, 0.3) is 16.8 Å². The molecule has 8 nitrogen and oxygen atoms in total. The number of benzene rings is 3. The van der Waals surface area contributed by atoms with Crippen LogP contribution in [0.4, 0.5) is 23.2 Å². The van der Waals surface area contributed by atoms with E-state index in [-0.39, 0.29) is 33.9 Å². The van der Waals surface area contributed by atoms with Crippen molar-refractivity contribution in [2.45, 2.75) is 17.6 Å². The number of hydrogen-bond acceptors (Lipinski definition) is 6. The molecule has 0 aliphatic heterocycles. The summed E-state index contributed by atoms with van der Waals surface area (Å²) >= 11 is 0. The van der Waals surface area contributed by atoms with Crippen LogP contribution >= 0.6 is 0 Å². The molecule has 1 heterocycles. The van der Waals surface area contributed by atoms with Crippen molar-refractivity contribution in [2.75, 3.05) is 25.7 Å². The molecule has 0 fully saturated rings. The van der Waals surface area contributed by atoms with Crippen molar-refractivity contribution in [3.05, 3.63) is 89.5 Å². The van der Waals surface area contributed by atoms with Gasteiger partial charge in [-0.25, -0.2) is 17.5 Å². The molecule has 0 aliphatic rings. The quantitative estimate of drug-likeness (QED) is 0.284. The minimum absolute atomic E-state index is 0.0293. The van der Waals surface area contributed by atoms with Crippen LogP contribution in [0.5, 0.6) is 5.75 Å². The van der Waals surface area contributed by atoms with Crippen LogP contribution in [0.1, 0.15) is 21.7 Å². The van der Waals surface area contributed by atoms with Gasteiger partial charge in [0.1, 0.15) is 17.3 Å². The van der Waals surface area contributed by atoms with E-state index in [1.54, 1.807) is 19.2 Å². The molecule has 2 N–H and O–H groups in total. The highest BCUT2D eigenvalue weighted by Crippen LogP contribution is 2.33. The van der Waals surface area contributed by atoms with Crippen molar-refractivity contribution in [1.29, 1.82) is 0 Å². The third-order valence-electron chi connectivity index (χ3n) is 5.92. The zero-order valence-electron chi connectivity index (χ0n) is 21.5. The molecule has 0 spiro atoms. The highest BCUT2D eigenvalue weighted by Gasteiger charge is 2.36. The SMILES string of the molecule is CNCc1cc(OC)ccc1-n1nc(C(F)(F)F)cc1C(=O)Nc1ccc(-c2ccccc2S(C)(=O)=O)c(F)c1. The number of anilines is 1. The van der Waals surface area contributed by atoms with Crippen LogP contribution in [0.2, 0.25) is 0 Å². The largest absolute Gasteiger partial charge is 0.497 e. The number of ether oxygens (including phenoxy) is 1. The molecule has 4 aromatic rings. The van der Waals surface area contributed by atoms with Gasteiger partial charge in [0.2, 0.25) is 0 Å². The third-order valence-corrected chi connectivity index (χ3v) is 7.07. The van der Waals surface area contributed by atoms with Gasteiger partial charge in [0.05, 0.1) is 17.7 Å². The van der Waals surface area contributed by atoms with Gasteiger partial charge in [-0.3, -0.25) is 4.79 Å². The summed E-state index contributed by atoms with van der Waals surface area (Å²) in [6.45, 7) is 0.233. The fourth-order valence-electron chi connectivity index (χ4n) is 4.11. The van der Waals surface area contributed by atoms with E-state index in [2.05, 4.69) is 15.7 Å². The van der Waals surface area contributed by atoms with Crippen LogP contribution in [-0.4, -0.2) is 44.5 Å². The predicted molar refractivity (Wildman–Crippen MR) is 141 cm³/mol. The Kier molecular flexibility index (Phi) is 7.98. The Morgan fingerprint density at radius 2 is 1.75 bits per heavy atom. The average molecular weight is 577 g/mol. The molecule has 210 valence electrons. The second-order valence-corrected chi connectivity index (χ2v) is 10.8. The van der Waals surface area contributed by atoms with Gasteiger partial charge in [0, 0.05) is 35.7 Å². The summed E-state index contributed by atoms with van der Waals surface area (Å²) < 4.78 is 86.3. The summed E-state index contributed by atoms with van der Waals surface area (Å²) in [4.78, 5) is 13.1. The summed E-state index contributed by atoms with van der Waals surface area (Å²) in [7, 11) is -0.579. The second kappa shape index (κ2) is 11.1. The minimum Gasteiger partial charge on any atom is -0.497 e. The number of carbonyl (C=O) groups is 1. The molecule has 0 atom stereocenters. The smallest absolute Gasteiger partial charge is 0.435 e. The lowest BCUT2D eigenvalue weighted by Gasteiger charge is -2.14. The lowest BCUT2D eigenvalue weighted by atomic mass is 10.0. The number of nitrogens with zero attached hydrogens (tertiary/aromatic N) is 2. The van der Waals surface area contributed by atoms with Crippen molar-refractivity contribution >= 4 is 21.4 Å². The van der Waals surface area contributed by atoms with Crippen LogP contribution in [0.3, 0.4) is 0 Å². The Morgan fingerprint density at radius 3 is 2.38 bits per heavy atom. The maximum absolute atomic E-state index is 15.1. The van der Waals surface area contributed by atoms with E-state index in [0.717, 1.165) is 17.0 Å². The molecule has 0 saturated carbocycles. The zero-order chi connectivity index (χ0) is 29.2. The molecule has 0 saturated heterocycles. The molecular weight excluding hydrogens is 552 g/mol. The van der Waals surface area contributed by atoms with Crippen LogP contribution in [0.15, 0.2) is 71.6 Å². The van der Waals surface area contributed by atoms with E-state index < -0.39 is 39.1 Å². The van der Waals surface area contributed by atoms with Crippen molar-refractivity contribution in [2.24, 2.45) is 0 Å². The van der Waals surface area contributed by atoms with Crippen molar-refractivity contribution in [3.63, 3.8) is 0 Å². The number of methoxy groups -OCH3 is 1. The predicted octanol–water partition coefficient (Wildman–Crippen LogP) is 5.08.